The van der Waals surface area contributed by atoms with Crippen molar-refractivity contribution in [1.29, 1.82) is 0 Å². The second kappa shape index (κ2) is 15.6. The lowest BCUT2D eigenvalue weighted by Gasteiger charge is -2.45. The fourth-order valence-corrected chi connectivity index (χ4v) is 10.2. The lowest BCUT2D eigenvalue weighted by atomic mass is 9.98. The van der Waals surface area contributed by atoms with E-state index in [1.807, 2.05) is 36.4 Å². The third kappa shape index (κ3) is 9.22. The van der Waals surface area contributed by atoms with Gasteiger partial charge >= 0.3 is 23.9 Å². The first-order valence-corrected chi connectivity index (χ1v) is 16.8. The molecule has 1 saturated heterocycles. The van der Waals surface area contributed by atoms with Crippen molar-refractivity contribution in [2.24, 2.45) is 0 Å². The Morgan fingerprint density at radius 2 is 1.20 bits per heavy atom. The van der Waals surface area contributed by atoms with Gasteiger partial charge in [-0.3, -0.25) is 19.2 Å². The molecule has 12 heteroatoms. The number of ether oxygens (including phenoxy) is 6. The van der Waals surface area contributed by atoms with Crippen molar-refractivity contribution >= 4 is 42.6 Å². The van der Waals surface area contributed by atoms with Gasteiger partial charge in [0.15, 0.2) is 24.6 Å². The maximum Gasteiger partial charge on any atom is 0.303 e. The van der Waals surface area contributed by atoms with Gasteiger partial charge in [-0.15, -0.1) is 0 Å². The number of hydrogen-bond donors (Lipinski definition) is 0. The second-order valence-electron chi connectivity index (χ2n) is 12.0. The summed E-state index contributed by atoms with van der Waals surface area (Å²) in [6, 6.07) is 20.2. The molecule has 2 aromatic carbocycles. The van der Waals surface area contributed by atoms with Crippen molar-refractivity contribution < 1.29 is 52.0 Å². The minimum absolute atomic E-state index is 0.125. The standard InChI is InChI=1S/C33H44O11Si/c1-21(19-39-45(33(6,7)8,26-15-11-9-12-16-26)27-17-13-10-14-18-27)40-32-31(43-25(5)37)30(42-24(4)36)29(41-23(3)35)28(44-32)20-38-22(2)34/h9-18,21,28-32H,19-20H2,1-8H3/t21-,28?,29-,30+,31?,32+/m1/s1. The first-order chi connectivity index (χ1) is 21.2. The Morgan fingerprint density at radius 3 is 1.64 bits per heavy atom. The first kappa shape index (κ1) is 35.9. The molecule has 0 amide bonds. The van der Waals surface area contributed by atoms with Gasteiger partial charge in [-0.25, -0.2) is 0 Å². The average molecular weight is 645 g/mol. The molecule has 0 aromatic heterocycles. The van der Waals surface area contributed by atoms with Crippen LogP contribution in [0.25, 0.3) is 0 Å². The molecule has 1 aliphatic rings. The summed E-state index contributed by atoms with van der Waals surface area (Å²) in [7, 11) is -2.92. The molecular formula is C33H44O11Si. The summed E-state index contributed by atoms with van der Waals surface area (Å²) in [6.45, 7) is 12.8. The summed E-state index contributed by atoms with van der Waals surface area (Å²) < 4.78 is 41.1. The lowest BCUT2D eigenvalue weighted by Crippen LogP contribution is -2.67. The van der Waals surface area contributed by atoms with Crippen LogP contribution in [-0.2, 0) is 52.0 Å². The van der Waals surface area contributed by atoms with Gasteiger partial charge in [0.05, 0.1) is 12.7 Å². The highest BCUT2D eigenvalue weighted by atomic mass is 28.4. The Bertz CT molecular complexity index is 1260. The highest BCUT2D eigenvalue weighted by Gasteiger charge is 2.54. The van der Waals surface area contributed by atoms with Crippen molar-refractivity contribution in [3.8, 4) is 0 Å². The summed E-state index contributed by atoms with van der Waals surface area (Å²) in [5, 5.41) is 1.88. The first-order valence-electron chi connectivity index (χ1n) is 14.9. The van der Waals surface area contributed by atoms with Gasteiger partial charge in [-0.2, -0.15) is 0 Å². The van der Waals surface area contributed by atoms with E-state index >= 15 is 0 Å². The highest BCUT2D eigenvalue weighted by molar-refractivity contribution is 6.99. The number of carbonyl (C=O) groups is 4. The van der Waals surface area contributed by atoms with E-state index in [0.717, 1.165) is 10.4 Å². The lowest BCUT2D eigenvalue weighted by molar-refractivity contribution is -0.316. The van der Waals surface area contributed by atoms with Gasteiger partial charge in [-0.1, -0.05) is 81.4 Å². The minimum Gasteiger partial charge on any atom is -0.463 e. The maximum atomic E-state index is 12.2. The van der Waals surface area contributed by atoms with Gasteiger partial charge in [-0.05, 0) is 22.3 Å². The van der Waals surface area contributed by atoms with E-state index < -0.39 is 69.0 Å². The molecule has 45 heavy (non-hydrogen) atoms. The van der Waals surface area contributed by atoms with Crippen LogP contribution >= 0.6 is 0 Å². The summed E-state index contributed by atoms with van der Waals surface area (Å²) in [6.07, 6.45) is -6.95. The van der Waals surface area contributed by atoms with E-state index in [9.17, 15) is 19.2 Å². The molecule has 1 aliphatic heterocycles. The third-order valence-corrected chi connectivity index (χ3v) is 12.3. The molecule has 0 N–H and O–H groups in total. The predicted octanol–water partition coefficient (Wildman–Crippen LogP) is 3.05. The van der Waals surface area contributed by atoms with Crippen LogP contribution in [0.3, 0.4) is 0 Å². The largest absolute Gasteiger partial charge is 0.463 e. The van der Waals surface area contributed by atoms with E-state index in [0.29, 0.717) is 0 Å². The quantitative estimate of drug-likeness (QED) is 0.192. The van der Waals surface area contributed by atoms with Crippen molar-refractivity contribution in [3.63, 3.8) is 0 Å². The predicted molar refractivity (Wildman–Crippen MR) is 166 cm³/mol. The SMILES string of the molecule is CC(=O)OCC1O[C@H](O[C@H](C)CO[Si](c2ccccc2)(c2ccccc2)C(C)(C)C)C(OC(C)=O)[C@@H](OC(C)=O)[C@@H]1OC(C)=O. The number of hydrogen-bond acceptors (Lipinski definition) is 11. The molecule has 1 heterocycles. The maximum absolute atomic E-state index is 12.2. The van der Waals surface area contributed by atoms with Gasteiger partial charge < -0.3 is 32.8 Å². The molecule has 0 spiro atoms. The van der Waals surface area contributed by atoms with Crippen LogP contribution in [0.5, 0.6) is 0 Å². The molecule has 0 radical (unpaired) electrons. The molecule has 6 atom stereocenters. The number of carbonyl (C=O) groups excluding carboxylic acids is 4. The van der Waals surface area contributed by atoms with E-state index in [1.54, 1.807) is 6.92 Å². The fraction of sp³-hybridized carbons (Fsp3) is 0.515. The van der Waals surface area contributed by atoms with Gasteiger partial charge in [0.25, 0.3) is 8.32 Å². The molecular weight excluding hydrogens is 600 g/mol. The Kier molecular flexibility index (Phi) is 12.5. The Morgan fingerprint density at radius 1 is 0.733 bits per heavy atom. The summed E-state index contributed by atoms with van der Waals surface area (Å²) in [5.41, 5.74) is 0. The topological polar surface area (TPSA) is 133 Å². The van der Waals surface area contributed by atoms with Crippen molar-refractivity contribution in [2.45, 2.75) is 97.2 Å². The monoisotopic (exact) mass is 644 g/mol. The van der Waals surface area contributed by atoms with Crippen LogP contribution in [0.2, 0.25) is 5.04 Å². The van der Waals surface area contributed by atoms with Crippen LogP contribution in [0.4, 0.5) is 0 Å². The highest BCUT2D eigenvalue weighted by Crippen LogP contribution is 2.37. The van der Waals surface area contributed by atoms with Crippen molar-refractivity contribution in [3.05, 3.63) is 60.7 Å². The fourth-order valence-electron chi connectivity index (χ4n) is 5.57. The summed E-state index contributed by atoms with van der Waals surface area (Å²) in [4.78, 5) is 48.1. The summed E-state index contributed by atoms with van der Waals surface area (Å²) >= 11 is 0. The number of esters is 4. The molecule has 0 aliphatic carbocycles. The molecule has 0 saturated carbocycles. The number of benzene rings is 2. The molecule has 2 aromatic rings. The molecule has 3 rings (SSSR count). The van der Waals surface area contributed by atoms with E-state index in [4.69, 9.17) is 32.8 Å². The van der Waals surface area contributed by atoms with Crippen LogP contribution in [0, 0.1) is 0 Å². The van der Waals surface area contributed by atoms with Gasteiger partial charge in [0, 0.05) is 27.7 Å². The Labute approximate surface area is 265 Å². The third-order valence-electron chi connectivity index (χ3n) is 7.27. The Hall–Kier alpha value is -3.58. The smallest absolute Gasteiger partial charge is 0.303 e. The molecule has 246 valence electrons. The summed E-state index contributed by atoms with van der Waals surface area (Å²) in [5.74, 6) is -2.73. The average Bonchev–Trinajstić information content (AvgIpc) is 2.95. The van der Waals surface area contributed by atoms with E-state index in [2.05, 4.69) is 45.0 Å². The molecule has 11 nitrogen and oxygen atoms in total. The zero-order valence-corrected chi connectivity index (χ0v) is 28.1. The van der Waals surface area contributed by atoms with E-state index in [1.165, 1.54) is 27.7 Å². The molecule has 2 unspecified atom stereocenters. The van der Waals surface area contributed by atoms with Crippen LogP contribution < -0.4 is 10.4 Å². The molecule has 0 bridgehead atoms. The molecule has 1 fully saturated rings. The van der Waals surface area contributed by atoms with Gasteiger partial charge in [0.2, 0.25) is 0 Å². The van der Waals surface area contributed by atoms with Crippen LogP contribution in [0.15, 0.2) is 60.7 Å². The van der Waals surface area contributed by atoms with Crippen molar-refractivity contribution in [1.82, 2.24) is 0 Å². The van der Waals surface area contributed by atoms with E-state index in [-0.39, 0.29) is 18.3 Å². The Balaban J connectivity index is 1.97. The minimum atomic E-state index is -2.92. The van der Waals surface area contributed by atoms with Gasteiger partial charge in [0.1, 0.15) is 12.7 Å². The normalized spacial score (nSPS) is 22.5. The zero-order chi connectivity index (χ0) is 33.4. The van der Waals surface area contributed by atoms with Crippen LogP contribution in [-0.4, -0.2) is 82.2 Å². The zero-order valence-electron chi connectivity index (χ0n) is 27.1. The second-order valence-corrected chi connectivity index (χ2v) is 16.3. The van der Waals surface area contributed by atoms with Crippen LogP contribution in [0.1, 0.15) is 55.4 Å². The number of rotatable bonds is 12. The van der Waals surface area contributed by atoms with Crippen molar-refractivity contribution in [2.75, 3.05) is 13.2 Å².